The minimum Gasteiger partial charge on any atom is -0.153 e. The zero-order valence-electron chi connectivity index (χ0n) is 17.5. The number of unbranched alkanes of at least 4 members (excludes halogenated alkanes) is 8. The molecule has 0 aliphatic heterocycles. The molecule has 0 heterocycles. The number of halogens is 1. The first-order valence-electron chi connectivity index (χ1n) is 10.8. The first-order valence-corrected chi connectivity index (χ1v) is 11.2. The fraction of sp³-hybridized carbons (Fsp3) is 1.00. The van der Waals surface area contributed by atoms with Crippen molar-refractivity contribution in [3.8, 4) is 0 Å². The van der Waals surface area contributed by atoms with Gasteiger partial charge in [-0.05, 0) is 31.6 Å². The Hall–Kier alpha value is 0.720. The predicted octanol–water partition coefficient (Wildman–Crippen LogP) is 8.96. The van der Waals surface area contributed by atoms with Crippen molar-refractivity contribution in [2.45, 2.75) is 135 Å². The average Bonchev–Trinajstić information content (AvgIpc) is 2.56. The molecule has 0 aliphatic rings. The average molecular weight is 379 g/mol. The van der Waals surface area contributed by atoms with Crippen molar-refractivity contribution in [1.82, 2.24) is 0 Å². The molecular weight excluding hydrogens is 331 g/mol. The Balaban J connectivity index is 0. The second-order valence-electron chi connectivity index (χ2n) is 7.64. The maximum Gasteiger partial charge on any atom is 0.0475 e. The van der Waals surface area contributed by atoms with Gasteiger partial charge in [-0.15, -0.1) is 11.6 Å². The lowest BCUT2D eigenvalue weighted by Gasteiger charge is -2.36. The molecule has 0 aromatic carbocycles. The zero-order chi connectivity index (χ0) is 17.4. The van der Waals surface area contributed by atoms with Crippen LogP contribution in [0.4, 0.5) is 0 Å². The molecule has 24 heavy (non-hydrogen) atoms. The fourth-order valence-electron chi connectivity index (χ4n) is 3.76. The summed E-state index contributed by atoms with van der Waals surface area (Å²) in [6.45, 7) is 9.21. The minimum absolute atomic E-state index is 0. The normalized spacial score (nSPS) is 12.9. The van der Waals surface area contributed by atoms with Crippen molar-refractivity contribution >= 4 is 21.5 Å². The summed E-state index contributed by atoms with van der Waals surface area (Å²) in [5.41, 5.74) is 0. The van der Waals surface area contributed by atoms with Gasteiger partial charge < -0.3 is 0 Å². The largest absolute Gasteiger partial charge is 0.153 e. The van der Waals surface area contributed by atoms with Gasteiger partial charge in [-0.25, -0.2) is 0 Å². The van der Waals surface area contributed by atoms with Gasteiger partial charge in [0, 0.05) is 4.87 Å². The van der Waals surface area contributed by atoms with E-state index in [9.17, 15) is 0 Å². The van der Waals surface area contributed by atoms with Gasteiger partial charge in [0.1, 0.15) is 0 Å². The topological polar surface area (TPSA) is 0 Å². The van der Waals surface area contributed by atoms with Crippen LogP contribution in [0.25, 0.3) is 0 Å². The van der Waals surface area contributed by atoms with Gasteiger partial charge in [-0.3, -0.25) is 0 Å². The SMILES string of the molecule is CCCCCCCCC(CCCC)C(Cl)(CCCC)CCCC.P. The number of hydrogen-bond donors (Lipinski definition) is 0. The second kappa shape index (κ2) is 18.5. The van der Waals surface area contributed by atoms with Crippen molar-refractivity contribution < 1.29 is 0 Å². The first kappa shape index (κ1) is 26.9. The molecule has 0 nitrogen and oxygen atoms in total. The molecule has 0 aromatic rings. The third-order valence-corrected chi connectivity index (χ3v) is 6.12. The molecule has 0 spiro atoms. The molecule has 148 valence electrons. The quantitative estimate of drug-likeness (QED) is 0.134. The highest BCUT2D eigenvalue weighted by Gasteiger charge is 2.34. The lowest BCUT2D eigenvalue weighted by Crippen LogP contribution is -2.32. The molecule has 0 aromatic heterocycles. The maximum atomic E-state index is 7.26. The number of rotatable bonds is 17. The van der Waals surface area contributed by atoms with Crippen LogP contribution in [0.15, 0.2) is 0 Å². The van der Waals surface area contributed by atoms with E-state index >= 15 is 0 Å². The van der Waals surface area contributed by atoms with E-state index in [1.807, 2.05) is 0 Å². The molecule has 0 rings (SSSR count). The first-order chi connectivity index (χ1) is 11.1. The molecule has 2 unspecified atom stereocenters. The van der Waals surface area contributed by atoms with Crippen LogP contribution >= 0.6 is 21.5 Å². The Morgan fingerprint density at radius 2 is 1.00 bits per heavy atom. The third-order valence-electron chi connectivity index (χ3n) is 5.44. The van der Waals surface area contributed by atoms with Gasteiger partial charge in [-0.2, -0.15) is 9.90 Å². The Kier molecular flexibility index (Phi) is 20.8. The molecule has 2 atom stereocenters. The number of hydrogen-bond acceptors (Lipinski definition) is 0. The van der Waals surface area contributed by atoms with Crippen LogP contribution in [-0.4, -0.2) is 4.87 Å². The lowest BCUT2D eigenvalue weighted by atomic mass is 9.77. The van der Waals surface area contributed by atoms with Crippen molar-refractivity contribution in [3.05, 3.63) is 0 Å². The van der Waals surface area contributed by atoms with Crippen LogP contribution < -0.4 is 0 Å². The van der Waals surface area contributed by atoms with E-state index < -0.39 is 0 Å². The van der Waals surface area contributed by atoms with E-state index in [2.05, 4.69) is 27.7 Å². The van der Waals surface area contributed by atoms with Crippen LogP contribution in [0.3, 0.4) is 0 Å². The van der Waals surface area contributed by atoms with Crippen molar-refractivity contribution in [1.29, 1.82) is 0 Å². The highest BCUT2D eigenvalue weighted by molar-refractivity contribution is 6.92. The summed E-state index contributed by atoms with van der Waals surface area (Å²) in [7, 11) is 0. The molecular formula is C22H48ClP. The van der Waals surface area contributed by atoms with E-state index in [1.165, 1.54) is 103 Å². The van der Waals surface area contributed by atoms with E-state index in [0.29, 0.717) is 0 Å². The van der Waals surface area contributed by atoms with Crippen LogP contribution in [0.2, 0.25) is 0 Å². The van der Waals surface area contributed by atoms with Crippen molar-refractivity contribution in [3.63, 3.8) is 0 Å². The molecule has 0 N–H and O–H groups in total. The molecule has 0 saturated carbocycles. The van der Waals surface area contributed by atoms with E-state index in [4.69, 9.17) is 11.6 Å². The summed E-state index contributed by atoms with van der Waals surface area (Å²) in [6.07, 6.45) is 21.4. The zero-order valence-corrected chi connectivity index (χ0v) is 19.6. The van der Waals surface area contributed by atoms with Gasteiger partial charge in [0.2, 0.25) is 0 Å². The maximum absolute atomic E-state index is 7.26. The van der Waals surface area contributed by atoms with Crippen LogP contribution in [0.1, 0.15) is 130 Å². The number of alkyl halides is 1. The minimum atomic E-state index is 0. The monoisotopic (exact) mass is 378 g/mol. The van der Waals surface area contributed by atoms with E-state index in [0.717, 1.165) is 5.92 Å². The van der Waals surface area contributed by atoms with Crippen molar-refractivity contribution in [2.24, 2.45) is 5.92 Å². The van der Waals surface area contributed by atoms with Gasteiger partial charge >= 0.3 is 0 Å². The Labute approximate surface area is 162 Å². The van der Waals surface area contributed by atoms with Crippen LogP contribution in [0.5, 0.6) is 0 Å². The van der Waals surface area contributed by atoms with Gasteiger partial charge in [0.25, 0.3) is 0 Å². The molecule has 0 saturated heterocycles. The predicted molar refractivity (Wildman–Crippen MR) is 120 cm³/mol. The summed E-state index contributed by atoms with van der Waals surface area (Å²) in [6, 6.07) is 0. The highest BCUT2D eigenvalue weighted by atomic mass is 35.5. The standard InChI is InChI=1S/C22H45Cl.H3P/c1-5-9-13-14-15-16-18-21(17-10-6-2)22(23,19-11-7-3)20-12-8-4;/h21H,5-20H2,1-4H3;1H3. The third kappa shape index (κ3) is 13.0. The van der Waals surface area contributed by atoms with Crippen molar-refractivity contribution in [2.75, 3.05) is 0 Å². The molecule has 2 heteroatoms. The smallest absolute Gasteiger partial charge is 0.0475 e. The Bertz CT molecular complexity index is 234. The van der Waals surface area contributed by atoms with E-state index in [1.54, 1.807) is 0 Å². The molecule has 0 fully saturated rings. The molecule has 0 amide bonds. The Morgan fingerprint density at radius 3 is 1.50 bits per heavy atom. The second-order valence-corrected chi connectivity index (χ2v) is 8.39. The van der Waals surface area contributed by atoms with E-state index in [-0.39, 0.29) is 14.8 Å². The summed E-state index contributed by atoms with van der Waals surface area (Å²) in [4.78, 5) is 0.0879. The van der Waals surface area contributed by atoms with Crippen LogP contribution in [-0.2, 0) is 0 Å². The fourth-order valence-corrected chi connectivity index (χ4v) is 4.24. The summed E-state index contributed by atoms with van der Waals surface area (Å²) >= 11 is 7.26. The summed E-state index contributed by atoms with van der Waals surface area (Å²) < 4.78 is 0. The van der Waals surface area contributed by atoms with Gasteiger partial charge in [0.15, 0.2) is 0 Å². The molecule has 0 aliphatic carbocycles. The molecule has 0 bridgehead atoms. The van der Waals surface area contributed by atoms with Gasteiger partial charge in [-0.1, -0.05) is 105 Å². The summed E-state index contributed by atoms with van der Waals surface area (Å²) in [5.74, 6) is 0.744. The molecule has 0 radical (unpaired) electrons. The van der Waals surface area contributed by atoms with Crippen LogP contribution in [0, 0.1) is 5.92 Å². The van der Waals surface area contributed by atoms with Gasteiger partial charge in [0.05, 0.1) is 0 Å². The highest BCUT2D eigenvalue weighted by Crippen LogP contribution is 2.41. The summed E-state index contributed by atoms with van der Waals surface area (Å²) in [5, 5.41) is 0. The lowest BCUT2D eigenvalue weighted by molar-refractivity contribution is 0.268. The Morgan fingerprint density at radius 1 is 0.583 bits per heavy atom.